The number of carbonyl (C=O) groups is 2. The molecule has 6 fully saturated rings. The van der Waals surface area contributed by atoms with Crippen molar-refractivity contribution in [2.45, 2.75) is 164 Å². The maximum absolute atomic E-state index is 13.2. The maximum atomic E-state index is 13.2. The Labute approximate surface area is 311 Å². The first-order valence-corrected chi connectivity index (χ1v) is 20.9. The van der Waals surface area contributed by atoms with Crippen molar-refractivity contribution in [1.29, 1.82) is 0 Å². The van der Waals surface area contributed by atoms with Crippen molar-refractivity contribution < 1.29 is 19.4 Å². The number of carbonyl (C=O) groups excluding carboxylic acids is 1. The van der Waals surface area contributed by atoms with E-state index in [1.165, 1.54) is 82.9 Å². The molecule has 0 aromatic carbocycles. The predicted molar refractivity (Wildman–Crippen MR) is 207 cm³/mol. The van der Waals surface area contributed by atoms with Gasteiger partial charge in [-0.15, -0.1) is 0 Å². The number of aliphatic carboxylic acids is 1. The lowest BCUT2D eigenvalue weighted by Gasteiger charge is -2.73. The Bertz CT molecular complexity index is 1390. The number of hydrogen-bond donors (Lipinski definition) is 2. The van der Waals surface area contributed by atoms with Crippen molar-refractivity contribution in [3.63, 3.8) is 0 Å². The van der Waals surface area contributed by atoms with Crippen LogP contribution >= 0.6 is 0 Å². The van der Waals surface area contributed by atoms with Gasteiger partial charge in [0.05, 0.1) is 12.8 Å². The molecule has 11 atom stereocenters. The highest BCUT2D eigenvalue weighted by Gasteiger charge is 2.71. The van der Waals surface area contributed by atoms with Crippen molar-refractivity contribution in [2.75, 3.05) is 19.6 Å². The van der Waals surface area contributed by atoms with Crippen LogP contribution in [0.15, 0.2) is 24.4 Å². The molecule has 51 heavy (non-hydrogen) atoms. The number of carboxylic acid groups (broad SMARTS) is 1. The number of hydrogen-bond acceptors (Lipinski definition) is 5. The van der Waals surface area contributed by atoms with E-state index in [9.17, 15) is 14.7 Å². The molecule has 0 radical (unpaired) electrons. The molecule has 1 heterocycles. The second-order valence-corrected chi connectivity index (χ2v) is 21.3. The molecule has 6 rings (SSSR count). The van der Waals surface area contributed by atoms with Crippen molar-refractivity contribution >= 4 is 11.9 Å². The molecule has 1 aliphatic heterocycles. The molecule has 6 nitrogen and oxygen atoms in total. The SMILES string of the molecule is C=C(C)NC1CCN(CC[C@]23CC[C@@H](C(=C)C)[C@@H]2[C@H]2CC[C@@H]4[C@@]5(C)CC[C@H](OC(=O)CC(C)(C)CC(=O)O)C(C)(C)[C@@H]5CC[C@@]4(C)[C@]2(C)CC3)C1. The normalized spacial score (nSPS) is 43.3. The Hall–Kier alpha value is -1.82. The van der Waals surface area contributed by atoms with Gasteiger partial charge in [-0.2, -0.15) is 0 Å². The summed E-state index contributed by atoms with van der Waals surface area (Å²) in [7, 11) is 0. The predicted octanol–water partition coefficient (Wildman–Crippen LogP) is 10.0. The summed E-state index contributed by atoms with van der Waals surface area (Å²) in [5, 5.41) is 13.0. The Kier molecular flexibility index (Phi) is 10.3. The van der Waals surface area contributed by atoms with E-state index in [4.69, 9.17) is 4.74 Å². The fraction of sp³-hybridized carbons (Fsp3) is 0.867. The number of fused-ring (bicyclic) bond motifs is 7. The summed E-state index contributed by atoms with van der Waals surface area (Å²) in [6.45, 7) is 33.3. The topological polar surface area (TPSA) is 78.9 Å². The molecule has 2 N–H and O–H groups in total. The minimum Gasteiger partial charge on any atom is -0.481 e. The quantitative estimate of drug-likeness (QED) is 0.165. The number of esters is 1. The minimum absolute atomic E-state index is 0.0294. The molecule has 0 bridgehead atoms. The van der Waals surface area contributed by atoms with Gasteiger partial charge in [0.1, 0.15) is 6.10 Å². The summed E-state index contributed by atoms with van der Waals surface area (Å²) in [6.07, 6.45) is 15.2. The summed E-state index contributed by atoms with van der Waals surface area (Å²) in [5.74, 6) is 2.24. The summed E-state index contributed by atoms with van der Waals surface area (Å²) < 4.78 is 6.31. The van der Waals surface area contributed by atoms with Crippen LogP contribution in [0.3, 0.4) is 0 Å². The highest BCUT2D eigenvalue weighted by molar-refractivity contribution is 5.73. The van der Waals surface area contributed by atoms with Gasteiger partial charge in [0, 0.05) is 30.2 Å². The molecular formula is C45H74N2O4. The number of allylic oxidation sites excluding steroid dienone is 2. The molecule has 1 saturated heterocycles. The van der Waals surface area contributed by atoms with Crippen LogP contribution in [0, 0.1) is 62.1 Å². The summed E-state index contributed by atoms with van der Waals surface area (Å²) >= 11 is 0. The van der Waals surface area contributed by atoms with E-state index < -0.39 is 11.4 Å². The van der Waals surface area contributed by atoms with Gasteiger partial charge in [-0.1, -0.05) is 67.2 Å². The zero-order chi connectivity index (χ0) is 37.4. The van der Waals surface area contributed by atoms with Crippen molar-refractivity contribution in [3.8, 4) is 0 Å². The van der Waals surface area contributed by atoms with Crippen molar-refractivity contribution in [1.82, 2.24) is 10.2 Å². The highest BCUT2D eigenvalue weighted by Crippen LogP contribution is 2.78. The van der Waals surface area contributed by atoms with Gasteiger partial charge in [-0.05, 0) is 154 Å². The largest absolute Gasteiger partial charge is 0.481 e. The molecular weight excluding hydrogens is 633 g/mol. The van der Waals surface area contributed by atoms with E-state index in [2.05, 4.69) is 71.8 Å². The van der Waals surface area contributed by atoms with E-state index in [0.29, 0.717) is 40.0 Å². The van der Waals surface area contributed by atoms with Gasteiger partial charge >= 0.3 is 11.9 Å². The molecule has 288 valence electrons. The fourth-order valence-electron chi connectivity index (χ4n) is 14.8. The summed E-state index contributed by atoms with van der Waals surface area (Å²) in [4.78, 5) is 27.4. The molecule has 6 aliphatic rings. The molecule has 0 aromatic rings. The van der Waals surface area contributed by atoms with Crippen molar-refractivity contribution in [3.05, 3.63) is 24.4 Å². The van der Waals surface area contributed by atoms with Gasteiger partial charge in [-0.25, -0.2) is 0 Å². The molecule has 1 unspecified atom stereocenters. The van der Waals surface area contributed by atoms with Crippen LogP contribution < -0.4 is 5.32 Å². The van der Waals surface area contributed by atoms with Gasteiger partial charge < -0.3 is 20.1 Å². The van der Waals surface area contributed by atoms with Gasteiger partial charge in [0.15, 0.2) is 0 Å². The monoisotopic (exact) mass is 707 g/mol. The first-order valence-electron chi connectivity index (χ1n) is 20.9. The highest BCUT2D eigenvalue weighted by atomic mass is 16.5. The second kappa shape index (κ2) is 13.5. The van der Waals surface area contributed by atoms with Crippen molar-refractivity contribution in [2.24, 2.45) is 62.1 Å². The number of likely N-dealkylation sites (tertiary alicyclic amines) is 1. The third-order valence-corrected chi connectivity index (χ3v) is 17.4. The first kappa shape index (κ1) is 38.9. The van der Waals surface area contributed by atoms with Crippen LogP contribution in [0.2, 0.25) is 0 Å². The zero-order valence-electron chi connectivity index (χ0n) is 34.1. The third kappa shape index (κ3) is 6.66. The molecule has 0 aromatic heterocycles. The summed E-state index contributed by atoms with van der Waals surface area (Å²) in [5.41, 5.74) is 3.08. The third-order valence-electron chi connectivity index (χ3n) is 17.4. The van der Waals surface area contributed by atoms with Gasteiger partial charge in [-0.3, -0.25) is 9.59 Å². The smallest absolute Gasteiger partial charge is 0.306 e. The van der Waals surface area contributed by atoms with E-state index in [1.807, 2.05) is 13.8 Å². The van der Waals surface area contributed by atoms with Gasteiger partial charge in [0.2, 0.25) is 0 Å². The minimum atomic E-state index is -0.866. The fourth-order valence-corrected chi connectivity index (χ4v) is 14.8. The maximum Gasteiger partial charge on any atom is 0.306 e. The molecule has 5 aliphatic carbocycles. The number of nitrogens with one attached hydrogen (secondary N) is 1. The van der Waals surface area contributed by atoms with Crippen LogP contribution in [0.1, 0.15) is 152 Å². The number of ether oxygens (including phenoxy) is 1. The van der Waals surface area contributed by atoms with Crippen LogP contribution in [0.5, 0.6) is 0 Å². The van der Waals surface area contributed by atoms with E-state index >= 15 is 0 Å². The Morgan fingerprint density at radius 1 is 0.863 bits per heavy atom. The zero-order valence-corrected chi connectivity index (χ0v) is 34.1. The Morgan fingerprint density at radius 2 is 1.59 bits per heavy atom. The Morgan fingerprint density at radius 3 is 2.25 bits per heavy atom. The average molecular weight is 707 g/mol. The van der Waals surface area contributed by atoms with Crippen LogP contribution in [0.4, 0.5) is 0 Å². The number of rotatable bonds is 11. The van der Waals surface area contributed by atoms with Crippen LogP contribution in [0.25, 0.3) is 0 Å². The summed E-state index contributed by atoms with van der Waals surface area (Å²) in [6, 6.07) is 0.548. The van der Waals surface area contributed by atoms with Crippen LogP contribution in [-0.2, 0) is 14.3 Å². The number of carboxylic acids is 1. The van der Waals surface area contributed by atoms with E-state index in [-0.39, 0.29) is 35.7 Å². The lowest BCUT2D eigenvalue weighted by molar-refractivity contribution is -0.250. The average Bonchev–Trinajstić information content (AvgIpc) is 3.61. The number of nitrogens with zero attached hydrogens (tertiary/aromatic N) is 1. The lowest BCUT2D eigenvalue weighted by Crippen LogP contribution is -2.66. The second-order valence-electron chi connectivity index (χ2n) is 21.3. The van der Waals surface area contributed by atoms with Crippen LogP contribution in [-0.4, -0.2) is 53.7 Å². The van der Waals surface area contributed by atoms with E-state index in [0.717, 1.165) is 36.9 Å². The van der Waals surface area contributed by atoms with Gasteiger partial charge in [0.25, 0.3) is 0 Å². The standard InChI is InChI=1S/C45H74N2O4/c1-29(2)32-14-20-45(23-25-47-24-17-31(28-47)46-30(3)4)22-21-43(10)33(39(32)45)12-13-35-42(9)18-16-36(41(7,8)34(42)15-19-44(35,43)11)51-38(50)27-40(5,6)26-37(48)49/h31-36,39,46H,1,3,12-28H2,2,4-11H3,(H,48,49)/t31?,32-,33+,34-,35+,36-,39+,42-,43+,44+,45+/m0/s1. The molecule has 6 heteroatoms. The molecule has 0 spiro atoms. The molecule has 5 saturated carbocycles. The van der Waals surface area contributed by atoms with E-state index in [1.54, 1.807) is 0 Å². The lowest BCUT2D eigenvalue weighted by atomic mass is 9.32. The molecule has 0 amide bonds. The first-order chi connectivity index (χ1) is 23.7. The Balaban J connectivity index is 1.20.